The van der Waals surface area contributed by atoms with Crippen LogP contribution >= 0.6 is 0 Å². The lowest BCUT2D eigenvalue weighted by molar-refractivity contribution is 0.327. The van der Waals surface area contributed by atoms with Crippen LogP contribution in [-0.4, -0.2) is 39.2 Å². The summed E-state index contributed by atoms with van der Waals surface area (Å²) in [4.78, 5) is 2.30. The summed E-state index contributed by atoms with van der Waals surface area (Å²) < 4.78 is 24.7. The highest BCUT2D eigenvalue weighted by Gasteiger charge is 2.18. The Morgan fingerprint density at radius 3 is 2.60 bits per heavy atom. The van der Waals surface area contributed by atoms with Crippen molar-refractivity contribution in [1.29, 1.82) is 5.26 Å². The van der Waals surface area contributed by atoms with Gasteiger partial charge >= 0.3 is 0 Å². The van der Waals surface area contributed by atoms with Gasteiger partial charge in [-0.05, 0) is 45.0 Å². The first-order valence-electron chi connectivity index (χ1n) is 6.64. The van der Waals surface area contributed by atoms with Crippen molar-refractivity contribution in [2.75, 3.05) is 25.9 Å². The molecule has 1 unspecified atom stereocenters. The summed E-state index contributed by atoms with van der Waals surface area (Å²) >= 11 is 0. The normalized spacial score (nSPS) is 13.2. The van der Waals surface area contributed by atoms with E-state index < -0.39 is 9.84 Å². The predicted molar refractivity (Wildman–Crippen MR) is 80.2 cm³/mol. The molecule has 0 aliphatic carbocycles. The van der Waals surface area contributed by atoms with Crippen molar-refractivity contribution in [3.05, 3.63) is 29.3 Å². The highest BCUT2D eigenvalue weighted by Crippen LogP contribution is 2.18. The molecule has 5 heteroatoms. The zero-order valence-electron chi connectivity index (χ0n) is 12.5. The van der Waals surface area contributed by atoms with Crippen molar-refractivity contribution in [3.63, 3.8) is 0 Å². The molecule has 0 saturated carbocycles. The van der Waals surface area contributed by atoms with Crippen molar-refractivity contribution in [1.82, 2.24) is 4.90 Å². The van der Waals surface area contributed by atoms with Gasteiger partial charge in [-0.15, -0.1) is 0 Å². The van der Waals surface area contributed by atoms with Gasteiger partial charge in [-0.25, -0.2) is 8.42 Å². The van der Waals surface area contributed by atoms with Gasteiger partial charge in [0.15, 0.2) is 9.84 Å². The van der Waals surface area contributed by atoms with E-state index in [1.807, 2.05) is 44.9 Å². The van der Waals surface area contributed by atoms with Gasteiger partial charge in [0.05, 0.1) is 22.6 Å². The maximum Gasteiger partial charge on any atom is 0.179 e. The second-order valence-electron chi connectivity index (χ2n) is 5.38. The van der Waals surface area contributed by atoms with Gasteiger partial charge in [0.25, 0.3) is 0 Å². The third-order valence-corrected chi connectivity index (χ3v) is 5.06. The topological polar surface area (TPSA) is 61.2 Å². The number of nitriles is 1. The molecule has 0 radical (unpaired) electrons. The van der Waals surface area contributed by atoms with Gasteiger partial charge in [0, 0.05) is 13.1 Å². The van der Waals surface area contributed by atoms with Crippen LogP contribution in [0, 0.1) is 31.1 Å². The van der Waals surface area contributed by atoms with Crippen molar-refractivity contribution >= 4 is 9.84 Å². The summed E-state index contributed by atoms with van der Waals surface area (Å²) in [5.41, 5.74) is 1.73. The van der Waals surface area contributed by atoms with Gasteiger partial charge in [0.2, 0.25) is 0 Å². The quantitative estimate of drug-likeness (QED) is 0.806. The van der Waals surface area contributed by atoms with Crippen molar-refractivity contribution in [3.8, 4) is 6.07 Å². The lowest BCUT2D eigenvalue weighted by atomic mass is 10.2. The van der Waals surface area contributed by atoms with E-state index in [-0.39, 0.29) is 11.7 Å². The molecule has 0 fully saturated rings. The van der Waals surface area contributed by atoms with E-state index in [4.69, 9.17) is 5.26 Å². The van der Waals surface area contributed by atoms with Crippen molar-refractivity contribution < 1.29 is 8.42 Å². The van der Waals surface area contributed by atoms with Gasteiger partial charge in [-0.2, -0.15) is 5.26 Å². The van der Waals surface area contributed by atoms with Crippen LogP contribution in [0.2, 0.25) is 0 Å². The molecule has 0 N–H and O–H groups in total. The van der Waals surface area contributed by atoms with E-state index in [1.54, 1.807) is 6.07 Å². The van der Waals surface area contributed by atoms with Crippen molar-refractivity contribution in [2.45, 2.75) is 25.7 Å². The monoisotopic (exact) mass is 294 g/mol. The second kappa shape index (κ2) is 6.87. The molecule has 4 nitrogen and oxygen atoms in total. The van der Waals surface area contributed by atoms with Crippen LogP contribution in [-0.2, 0) is 9.84 Å². The van der Waals surface area contributed by atoms with Crippen LogP contribution in [0.1, 0.15) is 18.1 Å². The first-order chi connectivity index (χ1) is 9.26. The third-order valence-electron chi connectivity index (χ3n) is 3.23. The summed E-state index contributed by atoms with van der Waals surface area (Å²) in [7, 11) is -1.44. The number of sulfone groups is 1. The molecule has 0 saturated heterocycles. The van der Waals surface area contributed by atoms with Crippen LogP contribution in [0.25, 0.3) is 0 Å². The Morgan fingerprint density at radius 2 is 2.00 bits per heavy atom. The van der Waals surface area contributed by atoms with E-state index in [0.29, 0.717) is 18.0 Å². The average molecular weight is 294 g/mol. The zero-order valence-corrected chi connectivity index (χ0v) is 13.4. The summed E-state index contributed by atoms with van der Waals surface area (Å²) in [6.45, 7) is 6.54. The molecule has 110 valence electrons. The molecule has 1 rings (SSSR count). The number of nitrogens with zero attached hydrogens (tertiary/aromatic N) is 2. The molecule has 0 aliphatic heterocycles. The van der Waals surface area contributed by atoms with E-state index in [1.165, 1.54) is 0 Å². The number of aryl methyl sites for hydroxylation is 2. The molecule has 0 bridgehead atoms. The SMILES string of the molecule is Cc1ccc(C)c(S(=O)(=O)CCN(C)CC(C)C#N)c1. The Labute approximate surface area is 121 Å². The molecule has 1 atom stereocenters. The Morgan fingerprint density at radius 1 is 1.35 bits per heavy atom. The lowest BCUT2D eigenvalue weighted by Gasteiger charge is -2.18. The van der Waals surface area contributed by atoms with Crippen LogP contribution in [0.4, 0.5) is 0 Å². The third kappa shape index (κ3) is 4.62. The van der Waals surface area contributed by atoms with Crippen molar-refractivity contribution in [2.24, 2.45) is 5.92 Å². The van der Waals surface area contributed by atoms with E-state index in [2.05, 4.69) is 6.07 Å². The fraction of sp³-hybridized carbons (Fsp3) is 0.533. The fourth-order valence-electron chi connectivity index (χ4n) is 2.03. The molecule has 0 amide bonds. The summed E-state index contributed by atoms with van der Waals surface area (Å²) in [6, 6.07) is 7.62. The maximum absolute atomic E-state index is 12.4. The summed E-state index contributed by atoms with van der Waals surface area (Å²) in [6.07, 6.45) is 0. The highest BCUT2D eigenvalue weighted by atomic mass is 32.2. The Balaban J connectivity index is 2.76. The largest absolute Gasteiger partial charge is 0.304 e. The molecule has 20 heavy (non-hydrogen) atoms. The fourth-order valence-corrected chi connectivity index (χ4v) is 3.72. The van der Waals surface area contributed by atoms with Crippen LogP contribution < -0.4 is 0 Å². The standard InChI is InChI=1S/C15H22N2O2S/c1-12-5-6-14(3)15(9-12)20(18,19)8-7-17(4)11-13(2)10-16/h5-6,9,13H,7-8,11H2,1-4H3. The maximum atomic E-state index is 12.4. The summed E-state index contributed by atoms with van der Waals surface area (Å²) in [5, 5.41) is 8.76. The van der Waals surface area contributed by atoms with Crippen LogP contribution in [0.15, 0.2) is 23.1 Å². The van der Waals surface area contributed by atoms with Gasteiger partial charge < -0.3 is 4.90 Å². The number of rotatable bonds is 6. The number of hydrogen-bond acceptors (Lipinski definition) is 4. The predicted octanol–water partition coefficient (Wildman–Crippen LogP) is 2.17. The zero-order chi connectivity index (χ0) is 15.3. The molecule has 0 aromatic heterocycles. The van der Waals surface area contributed by atoms with E-state index >= 15 is 0 Å². The highest BCUT2D eigenvalue weighted by molar-refractivity contribution is 7.91. The minimum absolute atomic E-state index is 0.0753. The first kappa shape index (κ1) is 16.7. The first-order valence-corrected chi connectivity index (χ1v) is 8.29. The van der Waals surface area contributed by atoms with Crippen LogP contribution in [0.5, 0.6) is 0 Å². The van der Waals surface area contributed by atoms with Crippen LogP contribution in [0.3, 0.4) is 0 Å². The van der Waals surface area contributed by atoms with Gasteiger partial charge in [-0.3, -0.25) is 0 Å². The Hall–Kier alpha value is -1.38. The molecule has 0 aliphatic rings. The molecular weight excluding hydrogens is 272 g/mol. The second-order valence-corrected chi connectivity index (χ2v) is 7.46. The smallest absolute Gasteiger partial charge is 0.179 e. The molecule has 0 heterocycles. The number of benzene rings is 1. The average Bonchev–Trinajstić information content (AvgIpc) is 2.39. The minimum atomic E-state index is -3.28. The lowest BCUT2D eigenvalue weighted by Crippen LogP contribution is -2.29. The number of hydrogen-bond donors (Lipinski definition) is 0. The van der Waals surface area contributed by atoms with Gasteiger partial charge in [0.1, 0.15) is 0 Å². The van der Waals surface area contributed by atoms with Gasteiger partial charge in [-0.1, -0.05) is 12.1 Å². The Bertz CT molecular complexity index is 603. The Kier molecular flexibility index (Phi) is 5.73. The van der Waals surface area contributed by atoms with E-state index in [9.17, 15) is 8.42 Å². The molecule has 0 spiro atoms. The minimum Gasteiger partial charge on any atom is -0.304 e. The molecular formula is C15H22N2O2S. The molecule has 1 aromatic carbocycles. The van der Waals surface area contributed by atoms with E-state index in [0.717, 1.165) is 11.1 Å². The molecule has 1 aromatic rings. The summed E-state index contributed by atoms with van der Waals surface area (Å²) in [5.74, 6) is -0.0187.